The third-order valence-electron chi connectivity index (χ3n) is 3.01. The van der Waals surface area contributed by atoms with Crippen LogP contribution in [-0.2, 0) is 6.42 Å². The van der Waals surface area contributed by atoms with Crippen LogP contribution in [0, 0.1) is 6.92 Å². The lowest BCUT2D eigenvalue weighted by molar-refractivity contribution is 0.0759. The Balaban J connectivity index is 2.01. The third kappa shape index (κ3) is 3.15. The molecule has 0 radical (unpaired) electrons. The van der Waals surface area contributed by atoms with Gasteiger partial charge in [0, 0.05) is 25.5 Å². The summed E-state index contributed by atoms with van der Waals surface area (Å²) >= 11 is 0. The van der Waals surface area contributed by atoms with Crippen LogP contribution in [0.1, 0.15) is 28.7 Å². The lowest BCUT2D eigenvalue weighted by Gasteiger charge is -2.19. The number of pyridine rings is 1. The molecule has 0 unspecified atom stereocenters. The quantitative estimate of drug-likeness (QED) is 0.875. The summed E-state index contributed by atoms with van der Waals surface area (Å²) in [5.41, 5.74) is 2.20. The van der Waals surface area contributed by atoms with Crippen molar-refractivity contribution in [3.05, 3.63) is 41.5 Å². The molecule has 100 valence electrons. The van der Waals surface area contributed by atoms with Gasteiger partial charge in [-0.2, -0.15) is 15.4 Å². The molecule has 2 heterocycles. The fourth-order valence-electron chi connectivity index (χ4n) is 1.85. The van der Waals surface area contributed by atoms with Crippen LogP contribution >= 0.6 is 0 Å². The maximum Gasteiger partial charge on any atom is 0.276 e. The first-order valence-electron chi connectivity index (χ1n) is 6.28. The molecule has 2 aromatic heterocycles. The molecule has 0 aliphatic rings. The zero-order valence-corrected chi connectivity index (χ0v) is 11.1. The Hall–Kier alpha value is -2.24. The highest BCUT2D eigenvalue weighted by Gasteiger charge is 2.19. The SMILES string of the molecule is CCN(CCc1ccncc1)C(=O)c1n[nH]nc1C. The highest BCUT2D eigenvalue weighted by atomic mass is 16.2. The summed E-state index contributed by atoms with van der Waals surface area (Å²) in [6.07, 6.45) is 4.32. The molecule has 0 spiro atoms. The minimum Gasteiger partial charge on any atom is -0.337 e. The van der Waals surface area contributed by atoms with Crippen molar-refractivity contribution in [2.75, 3.05) is 13.1 Å². The third-order valence-corrected chi connectivity index (χ3v) is 3.01. The van der Waals surface area contributed by atoms with Crippen molar-refractivity contribution in [1.82, 2.24) is 25.3 Å². The molecule has 0 saturated carbocycles. The predicted molar refractivity (Wildman–Crippen MR) is 70.6 cm³/mol. The van der Waals surface area contributed by atoms with Crippen molar-refractivity contribution in [2.45, 2.75) is 20.3 Å². The second-order valence-corrected chi connectivity index (χ2v) is 4.25. The van der Waals surface area contributed by atoms with Crippen LogP contribution in [0.2, 0.25) is 0 Å². The number of carbonyl (C=O) groups is 1. The summed E-state index contributed by atoms with van der Waals surface area (Å²) in [7, 11) is 0. The number of nitrogens with zero attached hydrogens (tertiary/aromatic N) is 4. The molecule has 0 fully saturated rings. The molecule has 0 aliphatic carbocycles. The Morgan fingerprint density at radius 1 is 1.32 bits per heavy atom. The fraction of sp³-hybridized carbons (Fsp3) is 0.385. The molecule has 19 heavy (non-hydrogen) atoms. The summed E-state index contributed by atoms with van der Waals surface area (Å²) in [4.78, 5) is 18.0. The summed E-state index contributed by atoms with van der Waals surface area (Å²) in [5.74, 6) is -0.0807. The summed E-state index contributed by atoms with van der Waals surface area (Å²) < 4.78 is 0. The highest BCUT2D eigenvalue weighted by Crippen LogP contribution is 2.06. The smallest absolute Gasteiger partial charge is 0.276 e. The molecule has 0 saturated heterocycles. The van der Waals surface area contributed by atoms with Gasteiger partial charge in [0.25, 0.3) is 5.91 Å². The number of likely N-dealkylation sites (N-methyl/N-ethyl adjacent to an activating group) is 1. The van der Waals surface area contributed by atoms with Gasteiger partial charge in [0.1, 0.15) is 0 Å². The molecule has 2 rings (SSSR count). The monoisotopic (exact) mass is 259 g/mol. The van der Waals surface area contributed by atoms with Crippen molar-refractivity contribution < 1.29 is 4.79 Å². The minimum atomic E-state index is -0.0807. The van der Waals surface area contributed by atoms with E-state index in [4.69, 9.17) is 0 Å². The first-order valence-corrected chi connectivity index (χ1v) is 6.28. The molecule has 1 amide bonds. The van der Waals surface area contributed by atoms with Gasteiger partial charge in [0.05, 0.1) is 5.69 Å². The number of hydrogen-bond acceptors (Lipinski definition) is 4. The Bertz CT molecular complexity index is 537. The molecule has 6 heteroatoms. The molecular formula is C13H17N5O. The summed E-state index contributed by atoms with van der Waals surface area (Å²) in [5, 5.41) is 10.3. The number of rotatable bonds is 5. The number of hydrogen-bond donors (Lipinski definition) is 1. The Labute approximate surface area is 111 Å². The van der Waals surface area contributed by atoms with E-state index >= 15 is 0 Å². The van der Waals surface area contributed by atoms with E-state index in [2.05, 4.69) is 20.4 Å². The van der Waals surface area contributed by atoms with Gasteiger partial charge >= 0.3 is 0 Å². The van der Waals surface area contributed by atoms with Gasteiger partial charge in [-0.1, -0.05) is 0 Å². The standard InChI is InChI=1S/C13H17N5O/c1-3-18(9-6-11-4-7-14-8-5-11)13(19)12-10(2)15-17-16-12/h4-5,7-8H,3,6,9H2,1-2H3,(H,15,16,17). The Kier molecular flexibility index (Phi) is 4.22. The minimum absolute atomic E-state index is 0.0807. The normalized spacial score (nSPS) is 10.4. The van der Waals surface area contributed by atoms with Gasteiger partial charge in [0.2, 0.25) is 0 Å². The van der Waals surface area contributed by atoms with Crippen LogP contribution < -0.4 is 0 Å². The van der Waals surface area contributed by atoms with E-state index in [0.29, 0.717) is 24.5 Å². The van der Waals surface area contributed by atoms with Crippen LogP contribution in [0.25, 0.3) is 0 Å². The van der Waals surface area contributed by atoms with Crippen LogP contribution in [-0.4, -0.2) is 44.3 Å². The van der Waals surface area contributed by atoms with Crippen molar-refractivity contribution in [1.29, 1.82) is 0 Å². The van der Waals surface area contributed by atoms with E-state index in [1.165, 1.54) is 0 Å². The van der Waals surface area contributed by atoms with Crippen LogP contribution in [0.15, 0.2) is 24.5 Å². The number of aromatic nitrogens is 4. The highest BCUT2D eigenvalue weighted by molar-refractivity contribution is 5.93. The molecule has 6 nitrogen and oxygen atoms in total. The van der Waals surface area contributed by atoms with E-state index in [1.807, 2.05) is 19.1 Å². The number of aryl methyl sites for hydroxylation is 1. The lowest BCUT2D eigenvalue weighted by atomic mass is 10.2. The molecule has 0 aromatic carbocycles. The zero-order valence-electron chi connectivity index (χ0n) is 11.1. The van der Waals surface area contributed by atoms with E-state index in [9.17, 15) is 4.79 Å². The number of nitrogens with one attached hydrogen (secondary N) is 1. The first kappa shape index (κ1) is 13.2. The van der Waals surface area contributed by atoms with Crippen LogP contribution in [0.5, 0.6) is 0 Å². The van der Waals surface area contributed by atoms with Gasteiger partial charge in [-0.15, -0.1) is 0 Å². The number of aromatic amines is 1. The maximum atomic E-state index is 12.3. The van der Waals surface area contributed by atoms with Crippen molar-refractivity contribution >= 4 is 5.91 Å². The summed E-state index contributed by atoms with van der Waals surface area (Å²) in [6, 6.07) is 3.92. The molecule has 0 aliphatic heterocycles. The molecular weight excluding hydrogens is 242 g/mol. The molecule has 2 aromatic rings. The first-order chi connectivity index (χ1) is 9.22. The van der Waals surface area contributed by atoms with E-state index < -0.39 is 0 Å². The van der Waals surface area contributed by atoms with Crippen LogP contribution in [0.4, 0.5) is 0 Å². The summed E-state index contributed by atoms with van der Waals surface area (Å²) in [6.45, 7) is 5.04. The van der Waals surface area contributed by atoms with Gasteiger partial charge in [-0.3, -0.25) is 9.78 Å². The van der Waals surface area contributed by atoms with E-state index in [-0.39, 0.29) is 5.91 Å². The topological polar surface area (TPSA) is 74.8 Å². The van der Waals surface area contributed by atoms with Gasteiger partial charge < -0.3 is 4.90 Å². The van der Waals surface area contributed by atoms with Crippen molar-refractivity contribution in [2.24, 2.45) is 0 Å². The number of carbonyl (C=O) groups excluding carboxylic acids is 1. The number of H-pyrrole nitrogens is 1. The fourth-order valence-corrected chi connectivity index (χ4v) is 1.85. The largest absolute Gasteiger partial charge is 0.337 e. The van der Waals surface area contributed by atoms with Crippen molar-refractivity contribution in [3.8, 4) is 0 Å². The van der Waals surface area contributed by atoms with Gasteiger partial charge in [0.15, 0.2) is 5.69 Å². The average Bonchev–Trinajstić information content (AvgIpc) is 2.86. The molecule has 1 N–H and O–H groups in total. The maximum absolute atomic E-state index is 12.3. The lowest BCUT2D eigenvalue weighted by Crippen LogP contribution is -2.33. The second kappa shape index (κ2) is 6.08. The molecule has 0 bridgehead atoms. The Morgan fingerprint density at radius 2 is 2.05 bits per heavy atom. The van der Waals surface area contributed by atoms with Gasteiger partial charge in [-0.25, -0.2) is 0 Å². The predicted octanol–water partition coefficient (Wildman–Crippen LogP) is 1.21. The van der Waals surface area contributed by atoms with Crippen molar-refractivity contribution in [3.63, 3.8) is 0 Å². The van der Waals surface area contributed by atoms with Crippen LogP contribution in [0.3, 0.4) is 0 Å². The number of amides is 1. The van der Waals surface area contributed by atoms with Gasteiger partial charge in [-0.05, 0) is 38.0 Å². The Morgan fingerprint density at radius 3 is 2.63 bits per heavy atom. The molecule has 0 atom stereocenters. The van der Waals surface area contributed by atoms with E-state index in [1.54, 1.807) is 24.2 Å². The second-order valence-electron chi connectivity index (χ2n) is 4.25. The average molecular weight is 259 g/mol. The zero-order chi connectivity index (χ0) is 13.7. The van der Waals surface area contributed by atoms with E-state index in [0.717, 1.165) is 12.0 Å².